The summed E-state index contributed by atoms with van der Waals surface area (Å²) in [5.41, 5.74) is 2.69. The average molecular weight is 415 g/mol. The number of rotatable bonds is 7. The van der Waals surface area contributed by atoms with Crippen molar-refractivity contribution in [1.29, 1.82) is 0 Å². The number of hydrogen-bond acceptors (Lipinski definition) is 3. The van der Waals surface area contributed by atoms with E-state index in [9.17, 15) is 13.2 Å². The van der Waals surface area contributed by atoms with Crippen molar-refractivity contribution in [1.82, 2.24) is 9.62 Å². The van der Waals surface area contributed by atoms with Crippen LogP contribution in [0.15, 0.2) is 42.5 Å². The Labute approximate surface area is 164 Å². The summed E-state index contributed by atoms with van der Waals surface area (Å²) in [4.78, 5) is 12.2. The lowest BCUT2D eigenvalue weighted by atomic mass is 10.1. The number of nitrogens with one attached hydrogen (secondary N) is 1. The Morgan fingerprint density at radius 3 is 2.42 bits per heavy atom. The summed E-state index contributed by atoms with van der Waals surface area (Å²) in [6.07, 6.45) is 1.07. The zero-order valence-corrected chi connectivity index (χ0v) is 16.8. The molecule has 26 heavy (non-hydrogen) atoms. The molecule has 0 saturated heterocycles. The van der Waals surface area contributed by atoms with Crippen LogP contribution < -0.4 is 5.32 Å². The van der Waals surface area contributed by atoms with Gasteiger partial charge < -0.3 is 5.32 Å². The highest BCUT2D eigenvalue weighted by atomic mass is 35.5. The molecule has 2 aromatic carbocycles. The Kier molecular flexibility index (Phi) is 7.06. The number of hydrogen-bond donors (Lipinski definition) is 1. The van der Waals surface area contributed by atoms with E-state index in [1.807, 2.05) is 31.2 Å². The van der Waals surface area contributed by atoms with Gasteiger partial charge in [-0.1, -0.05) is 59.1 Å². The second-order valence-corrected chi connectivity index (χ2v) is 8.84. The van der Waals surface area contributed by atoms with Gasteiger partial charge in [-0.3, -0.25) is 4.79 Å². The minimum Gasteiger partial charge on any atom is -0.351 e. The van der Waals surface area contributed by atoms with E-state index in [1.54, 1.807) is 18.2 Å². The molecule has 0 spiro atoms. The second kappa shape index (κ2) is 8.86. The van der Waals surface area contributed by atoms with E-state index in [0.29, 0.717) is 22.2 Å². The molecule has 1 amide bonds. The average Bonchev–Trinajstić information content (AvgIpc) is 2.55. The van der Waals surface area contributed by atoms with Crippen LogP contribution in [0.2, 0.25) is 10.0 Å². The van der Waals surface area contributed by atoms with Crippen molar-refractivity contribution >= 4 is 39.1 Å². The lowest BCUT2D eigenvalue weighted by Gasteiger charge is -2.20. The van der Waals surface area contributed by atoms with E-state index in [1.165, 1.54) is 0 Å². The van der Waals surface area contributed by atoms with Gasteiger partial charge in [-0.2, -0.15) is 4.31 Å². The van der Waals surface area contributed by atoms with Crippen LogP contribution in [0.1, 0.15) is 16.7 Å². The molecule has 2 aromatic rings. The fourth-order valence-corrected chi connectivity index (χ4v) is 3.43. The molecule has 0 fully saturated rings. The Morgan fingerprint density at radius 1 is 1.08 bits per heavy atom. The van der Waals surface area contributed by atoms with Gasteiger partial charge in [0.25, 0.3) is 0 Å². The van der Waals surface area contributed by atoms with Gasteiger partial charge in [0.1, 0.15) is 0 Å². The molecule has 0 bridgehead atoms. The van der Waals surface area contributed by atoms with Crippen LogP contribution in [0.5, 0.6) is 0 Å². The number of carbonyl (C=O) groups is 1. The summed E-state index contributed by atoms with van der Waals surface area (Å²) in [6, 6.07) is 12.6. The molecule has 0 atom stereocenters. The lowest BCUT2D eigenvalue weighted by molar-refractivity contribution is -0.121. The first-order valence-electron chi connectivity index (χ1n) is 7.86. The Bertz CT molecular complexity index is 901. The number of sulfonamides is 1. The maximum atomic E-state index is 12.2. The summed E-state index contributed by atoms with van der Waals surface area (Å²) in [7, 11) is -3.57. The largest absolute Gasteiger partial charge is 0.351 e. The number of benzene rings is 2. The standard InChI is InChI=1S/C18H20Cl2N2O3S/c1-13-4-3-5-14(8-13)10-21-18(23)12-22(26(2,24)25)11-15-6-7-16(19)17(20)9-15/h3-9H,10-12H2,1-2H3,(H,21,23). The van der Waals surface area contributed by atoms with Gasteiger partial charge in [0.15, 0.2) is 0 Å². The van der Waals surface area contributed by atoms with Crippen molar-refractivity contribution in [2.75, 3.05) is 12.8 Å². The van der Waals surface area contributed by atoms with Crippen molar-refractivity contribution in [2.24, 2.45) is 0 Å². The van der Waals surface area contributed by atoms with E-state index in [2.05, 4.69) is 5.32 Å². The first kappa shape index (κ1) is 20.7. The summed E-state index contributed by atoms with van der Waals surface area (Å²) < 4.78 is 25.2. The molecule has 0 radical (unpaired) electrons. The third kappa shape index (κ3) is 6.29. The first-order valence-corrected chi connectivity index (χ1v) is 10.5. The van der Waals surface area contributed by atoms with E-state index < -0.39 is 10.0 Å². The van der Waals surface area contributed by atoms with E-state index in [0.717, 1.165) is 21.7 Å². The summed E-state index contributed by atoms with van der Waals surface area (Å²) >= 11 is 11.8. The van der Waals surface area contributed by atoms with Crippen LogP contribution in [-0.4, -0.2) is 31.4 Å². The molecule has 0 unspecified atom stereocenters. The molecule has 1 N–H and O–H groups in total. The Balaban J connectivity index is 2.03. The molecule has 8 heteroatoms. The molecule has 0 saturated carbocycles. The Morgan fingerprint density at radius 2 is 1.81 bits per heavy atom. The minimum atomic E-state index is -3.57. The van der Waals surface area contributed by atoms with E-state index in [-0.39, 0.29) is 19.0 Å². The van der Waals surface area contributed by atoms with Gasteiger partial charge in [-0.15, -0.1) is 0 Å². The minimum absolute atomic E-state index is 0.0353. The second-order valence-electron chi connectivity index (χ2n) is 6.05. The number of nitrogens with zero attached hydrogens (tertiary/aromatic N) is 1. The van der Waals surface area contributed by atoms with Crippen LogP contribution in [0.3, 0.4) is 0 Å². The van der Waals surface area contributed by atoms with Crippen LogP contribution in [0.25, 0.3) is 0 Å². The molecule has 0 aliphatic rings. The maximum absolute atomic E-state index is 12.2. The highest BCUT2D eigenvalue weighted by Gasteiger charge is 2.20. The monoisotopic (exact) mass is 414 g/mol. The molecular formula is C18H20Cl2N2O3S. The third-order valence-electron chi connectivity index (χ3n) is 3.70. The fraction of sp³-hybridized carbons (Fsp3) is 0.278. The van der Waals surface area contributed by atoms with Crippen molar-refractivity contribution in [3.8, 4) is 0 Å². The number of amides is 1. The molecule has 5 nitrogen and oxygen atoms in total. The number of carbonyl (C=O) groups excluding carboxylic acids is 1. The van der Waals surface area contributed by atoms with Gasteiger partial charge in [-0.05, 0) is 30.2 Å². The van der Waals surface area contributed by atoms with Gasteiger partial charge in [0.2, 0.25) is 15.9 Å². The van der Waals surface area contributed by atoms with Crippen molar-refractivity contribution in [2.45, 2.75) is 20.0 Å². The van der Waals surface area contributed by atoms with Crippen LogP contribution >= 0.6 is 23.2 Å². The van der Waals surface area contributed by atoms with Gasteiger partial charge >= 0.3 is 0 Å². The van der Waals surface area contributed by atoms with Crippen LogP contribution in [0.4, 0.5) is 0 Å². The highest BCUT2D eigenvalue weighted by Crippen LogP contribution is 2.23. The van der Waals surface area contributed by atoms with Crippen molar-refractivity contribution < 1.29 is 13.2 Å². The normalized spacial score (nSPS) is 11.6. The zero-order valence-electron chi connectivity index (χ0n) is 14.5. The topological polar surface area (TPSA) is 66.5 Å². The molecular weight excluding hydrogens is 395 g/mol. The van der Waals surface area contributed by atoms with E-state index >= 15 is 0 Å². The smallest absolute Gasteiger partial charge is 0.235 e. The maximum Gasteiger partial charge on any atom is 0.235 e. The van der Waals surface area contributed by atoms with Crippen LogP contribution in [-0.2, 0) is 27.9 Å². The molecule has 2 rings (SSSR count). The number of aryl methyl sites for hydroxylation is 1. The zero-order chi connectivity index (χ0) is 19.3. The summed E-state index contributed by atoms with van der Waals surface area (Å²) in [5.74, 6) is -0.378. The van der Waals surface area contributed by atoms with Gasteiger partial charge in [0, 0.05) is 13.1 Å². The number of halogens is 2. The molecule has 0 heterocycles. The van der Waals surface area contributed by atoms with Gasteiger partial charge in [-0.25, -0.2) is 8.42 Å². The van der Waals surface area contributed by atoms with Gasteiger partial charge in [0.05, 0.1) is 22.8 Å². The molecule has 0 aliphatic carbocycles. The van der Waals surface area contributed by atoms with Crippen molar-refractivity contribution in [3.63, 3.8) is 0 Å². The predicted octanol–water partition coefficient (Wildman–Crippen LogP) is 3.38. The molecule has 0 aromatic heterocycles. The quantitative estimate of drug-likeness (QED) is 0.754. The fourth-order valence-electron chi connectivity index (χ4n) is 2.37. The SMILES string of the molecule is Cc1cccc(CNC(=O)CN(Cc2ccc(Cl)c(Cl)c2)S(C)(=O)=O)c1. The third-order valence-corrected chi connectivity index (χ3v) is 5.64. The van der Waals surface area contributed by atoms with Crippen molar-refractivity contribution in [3.05, 3.63) is 69.2 Å². The lowest BCUT2D eigenvalue weighted by Crippen LogP contribution is -2.39. The van der Waals surface area contributed by atoms with Crippen LogP contribution in [0, 0.1) is 6.92 Å². The first-order chi connectivity index (χ1) is 12.1. The molecule has 0 aliphatic heterocycles. The summed E-state index contributed by atoms with van der Waals surface area (Å²) in [5, 5.41) is 3.46. The van der Waals surface area contributed by atoms with E-state index in [4.69, 9.17) is 23.2 Å². The molecule has 140 valence electrons. The highest BCUT2D eigenvalue weighted by molar-refractivity contribution is 7.88. The summed E-state index contributed by atoms with van der Waals surface area (Å²) in [6.45, 7) is 2.07. The predicted molar refractivity (Wildman–Crippen MR) is 105 cm³/mol. The Hall–Kier alpha value is -1.60.